The van der Waals surface area contributed by atoms with Crippen LogP contribution in [-0.2, 0) is 0 Å². The van der Waals surface area contributed by atoms with Crippen molar-refractivity contribution in [3.05, 3.63) is 182 Å². The molecular weight excluding hydrogens is 661 g/mol. The zero-order chi connectivity index (χ0) is 35.6. The van der Waals surface area contributed by atoms with E-state index in [1.54, 1.807) is 0 Å². The lowest BCUT2D eigenvalue weighted by atomic mass is 10.00. The fourth-order valence-electron chi connectivity index (χ4n) is 7.88. The van der Waals surface area contributed by atoms with Gasteiger partial charge in [-0.2, -0.15) is 0 Å². The van der Waals surface area contributed by atoms with E-state index in [9.17, 15) is 0 Å². The fraction of sp³-hybridized carbons (Fsp3) is 0. The summed E-state index contributed by atoms with van der Waals surface area (Å²) >= 11 is 0. The molecule has 0 unspecified atom stereocenters. The summed E-state index contributed by atoms with van der Waals surface area (Å²) in [6.07, 6.45) is 0. The quantitative estimate of drug-likeness (QED) is 0.180. The van der Waals surface area contributed by atoms with Crippen molar-refractivity contribution >= 4 is 54.5 Å². The van der Waals surface area contributed by atoms with Gasteiger partial charge in [0.25, 0.3) is 0 Å². The first-order chi connectivity index (χ1) is 26.7. The molecule has 5 nitrogen and oxygen atoms in total. The largest absolute Gasteiger partial charge is 0.456 e. The molecule has 252 valence electrons. The number of hydrogen-bond donors (Lipinski definition) is 0. The van der Waals surface area contributed by atoms with Gasteiger partial charge in [0.05, 0.1) is 11.0 Å². The number of fused-ring (bicyclic) bond motifs is 7. The van der Waals surface area contributed by atoms with Crippen molar-refractivity contribution in [1.29, 1.82) is 0 Å². The summed E-state index contributed by atoms with van der Waals surface area (Å²) in [7, 11) is 0. The molecule has 5 heteroatoms. The summed E-state index contributed by atoms with van der Waals surface area (Å²) in [5, 5.41) is 6.90. The minimum atomic E-state index is 0.591. The Balaban J connectivity index is 1.09. The van der Waals surface area contributed by atoms with Gasteiger partial charge in [-0.15, -0.1) is 0 Å². The fourth-order valence-corrected chi connectivity index (χ4v) is 7.88. The van der Waals surface area contributed by atoms with Gasteiger partial charge >= 0.3 is 0 Å². The lowest BCUT2D eigenvalue weighted by molar-refractivity contribution is 0.669. The second-order valence-corrected chi connectivity index (χ2v) is 13.6. The molecule has 11 rings (SSSR count). The third kappa shape index (κ3) is 4.90. The molecule has 3 heterocycles. The number of aromatic nitrogens is 4. The summed E-state index contributed by atoms with van der Waals surface area (Å²) in [6, 6.07) is 63.4. The van der Waals surface area contributed by atoms with Crippen LogP contribution in [0.4, 0.5) is 0 Å². The van der Waals surface area contributed by atoms with Crippen molar-refractivity contribution in [3.8, 4) is 51.0 Å². The molecule has 0 spiro atoms. The lowest BCUT2D eigenvalue weighted by Gasteiger charge is -2.12. The molecule has 0 aliphatic rings. The van der Waals surface area contributed by atoms with Crippen LogP contribution in [0.5, 0.6) is 0 Å². The highest BCUT2D eigenvalue weighted by Gasteiger charge is 2.19. The first-order valence-corrected chi connectivity index (χ1v) is 18.1. The van der Waals surface area contributed by atoms with E-state index >= 15 is 0 Å². The Morgan fingerprint density at radius 3 is 1.76 bits per heavy atom. The van der Waals surface area contributed by atoms with Crippen LogP contribution in [0.25, 0.3) is 105 Å². The van der Waals surface area contributed by atoms with Gasteiger partial charge in [-0.1, -0.05) is 140 Å². The maximum atomic E-state index is 6.28. The van der Waals surface area contributed by atoms with Gasteiger partial charge in [0.1, 0.15) is 11.2 Å². The number of rotatable bonds is 5. The molecule has 0 saturated carbocycles. The van der Waals surface area contributed by atoms with E-state index in [0.29, 0.717) is 17.5 Å². The molecule has 0 radical (unpaired) electrons. The SMILES string of the molecule is c1cc(-c2nc(-c3ccc(-c4ccc5ccccc5c4)cc3)nc(-c3cccc4oc5ccccc5c34)n2)cc(-n2c3ccccc3c3ccccc32)c1. The normalized spacial score (nSPS) is 11.7. The second-order valence-electron chi connectivity index (χ2n) is 13.6. The molecular formula is C49H30N4O. The highest BCUT2D eigenvalue weighted by atomic mass is 16.3. The molecule has 0 fully saturated rings. The van der Waals surface area contributed by atoms with Gasteiger partial charge in [0.2, 0.25) is 0 Å². The van der Waals surface area contributed by atoms with E-state index in [-0.39, 0.29) is 0 Å². The van der Waals surface area contributed by atoms with E-state index in [4.69, 9.17) is 19.4 Å². The third-order valence-electron chi connectivity index (χ3n) is 10.4. The molecule has 0 amide bonds. The Labute approximate surface area is 310 Å². The van der Waals surface area contributed by atoms with Crippen LogP contribution in [0.2, 0.25) is 0 Å². The number of nitrogens with zero attached hydrogens (tertiary/aromatic N) is 4. The highest BCUT2D eigenvalue weighted by Crippen LogP contribution is 2.38. The number of furan rings is 1. The van der Waals surface area contributed by atoms with Crippen molar-refractivity contribution < 1.29 is 4.42 Å². The Morgan fingerprint density at radius 1 is 0.370 bits per heavy atom. The Hall–Kier alpha value is -7.37. The standard InChI is InChI=1S/C49H30N4O/c1-2-12-34-29-35(28-25-31(34)11-1)32-23-26-33(27-24-32)47-50-48(52-49(51-47)41-18-10-22-45-46(41)40-17-5-8-21-44(40)54-45)36-13-9-14-37(30-36)53-42-19-6-3-15-38(42)39-16-4-7-20-43(39)53/h1-30H. The summed E-state index contributed by atoms with van der Waals surface area (Å²) in [5.41, 5.74) is 9.97. The van der Waals surface area contributed by atoms with E-state index < -0.39 is 0 Å². The van der Waals surface area contributed by atoms with Crippen LogP contribution < -0.4 is 0 Å². The van der Waals surface area contributed by atoms with Crippen molar-refractivity contribution in [1.82, 2.24) is 19.5 Å². The molecule has 0 N–H and O–H groups in total. The van der Waals surface area contributed by atoms with Crippen LogP contribution in [0.1, 0.15) is 0 Å². The predicted molar refractivity (Wildman–Crippen MR) is 221 cm³/mol. The molecule has 11 aromatic rings. The van der Waals surface area contributed by atoms with Gasteiger partial charge in [0.15, 0.2) is 17.5 Å². The summed E-state index contributed by atoms with van der Waals surface area (Å²) in [5.74, 6) is 1.79. The van der Waals surface area contributed by atoms with Crippen LogP contribution in [0, 0.1) is 0 Å². The smallest absolute Gasteiger partial charge is 0.164 e. The molecule has 0 bridgehead atoms. The minimum absolute atomic E-state index is 0.591. The van der Waals surface area contributed by atoms with Gasteiger partial charge in [-0.25, -0.2) is 15.0 Å². The molecule has 3 aromatic heterocycles. The van der Waals surface area contributed by atoms with Crippen LogP contribution >= 0.6 is 0 Å². The van der Waals surface area contributed by atoms with Crippen molar-refractivity contribution in [2.24, 2.45) is 0 Å². The Morgan fingerprint density at radius 2 is 0.963 bits per heavy atom. The second kappa shape index (κ2) is 12.1. The van der Waals surface area contributed by atoms with E-state index in [0.717, 1.165) is 66.5 Å². The highest BCUT2D eigenvalue weighted by molar-refractivity contribution is 6.12. The van der Waals surface area contributed by atoms with E-state index in [2.05, 4.69) is 156 Å². The molecule has 0 aliphatic carbocycles. The predicted octanol–water partition coefficient (Wildman–Crippen LogP) is 12.7. The summed E-state index contributed by atoms with van der Waals surface area (Å²) in [6.45, 7) is 0. The first-order valence-electron chi connectivity index (χ1n) is 18.1. The van der Waals surface area contributed by atoms with E-state index in [1.807, 2.05) is 30.3 Å². The zero-order valence-corrected chi connectivity index (χ0v) is 29.0. The molecule has 54 heavy (non-hydrogen) atoms. The summed E-state index contributed by atoms with van der Waals surface area (Å²) < 4.78 is 8.60. The average molecular weight is 691 g/mol. The molecule has 0 atom stereocenters. The first kappa shape index (κ1) is 30.3. The van der Waals surface area contributed by atoms with Crippen LogP contribution in [-0.4, -0.2) is 19.5 Å². The molecule has 8 aromatic carbocycles. The number of hydrogen-bond acceptors (Lipinski definition) is 4. The Kier molecular flexibility index (Phi) is 6.79. The Bertz CT molecular complexity index is 3170. The lowest BCUT2D eigenvalue weighted by Crippen LogP contribution is -2.01. The third-order valence-corrected chi connectivity index (χ3v) is 10.4. The molecule has 0 aliphatic heterocycles. The summed E-state index contributed by atoms with van der Waals surface area (Å²) in [4.78, 5) is 15.5. The van der Waals surface area contributed by atoms with E-state index in [1.165, 1.54) is 21.5 Å². The minimum Gasteiger partial charge on any atom is -0.456 e. The van der Waals surface area contributed by atoms with Crippen LogP contribution in [0.15, 0.2) is 186 Å². The van der Waals surface area contributed by atoms with Gasteiger partial charge in [-0.05, 0) is 64.4 Å². The monoisotopic (exact) mass is 690 g/mol. The van der Waals surface area contributed by atoms with Gasteiger partial charge in [-0.3, -0.25) is 0 Å². The van der Waals surface area contributed by atoms with Crippen LogP contribution in [0.3, 0.4) is 0 Å². The number of benzene rings is 8. The number of para-hydroxylation sites is 3. The van der Waals surface area contributed by atoms with Crippen molar-refractivity contribution in [2.75, 3.05) is 0 Å². The zero-order valence-electron chi connectivity index (χ0n) is 29.0. The van der Waals surface area contributed by atoms with Crippen molar-refractivity contribution in [3.63, 3.8) is 0 Å². The topological polar surface area (TPSA) is 56.7 Å². The van der Waals surface area contributed by atoms with Crippen molar-refractivity contribution in [2.45, 2.75) is 0 Å². The maximum absolute atomic E-state index is 6.28. The van der Waals surface area contributed by atoms with Gasteiger partial charge < -0.3 is 8.98 Å². The average Bonchev–Trinajstić information content (AvgIpc) is 3.80. The maximum Gasteiger partial charge on any atom is 0.164 e. The van der Waals surface area contributed by atoms with Gasteiger partial charge in [0, 0.05) is 43.9 Å². The molecule has 0 saturated heterocycles.